The first-order valence-electron chi connectivity index (χ1n) is 8.43. The highest BCUT2D eigenvalue weighted by Crippen LogP contribution is 2.02. The Morgan fingerprint density at radius 2 is 1.05 bits per heavy atom. The van der Waals surface area contributed by atoms with Gasteiger partial charge in [-0.3, -0.25) is 14.4 Å². The molecule has 0 unspecified atom stereocenters. The maximum absolute atomic E-state index is 11.5. The molecular formula is C17H30O5. The van der Waals surface area contributed by atoms with E-state index in [-0.39, 0.29) is 12.8 Å². The van der Waals surface area contributed by atoms with Crippen molar-refractivity contribution >= 4 is 17.7 Å². The van der Waals surface area contributed by atoms with E-state index in [4.69, 9.17) is 9.47 Å². The van der Waals surface area contributed by atoms with E-state index in [1.165, 1.54) is 0 Å². The highest BCUT2D eigenvalue weighted by molar-refractivity contribution is 6.03. The number of hydrogen-bond acceptors (Lipinski definition) is 5. The Morgan fingerprint density at radius 3 is 1.41 bits per heavy atom. The van der Waals surface area contributed by atoms with Crippen molar-refractivity contribution in [2.45, 2.75) is 78.1 Å². The zero-order valence-electron chi connectivity index (χ0n) is 14.0. The van der Waals surface area contributed by atoms with Gasteiger partial charge in [0.2, 0.25) is 0 Å². The third-order valence-corrected chi connectivity index (χ3v) is 3.20. The minimum atomic E-state index is -0.558. The van der Waals surface area contributed by atoms with Gasteiger partial charge in [0.25, 0.3) is 0 Å². The van der Waals surface area contributed by atoms with Crippen molar-refractivity contribution in [1.82, 2.24) is 0 Å². The van der Waals surface area contributed by atoms with E-state index in [2.05, 4.69) is 13.8 Å². The summed E-state index contributed by atoms with van der Waals surface area (Å²) in [6.45, 7) is 4.89. The first kappa shape index (κ1) is 20.6. The largest absolute Gasteiger partial charge is 0.465 e. The van der Waals surface area contributed by atoms with E-state index in [0.29, 0.717) is 13.2 Å². The number of ketones is 1. The van der Waals surface area contributed by atoms with Gasteiger partial charge in [-0.25, -0.2) is 0 Å². The number of carbonyl (C=O) groups excluding carboxylic acids is 3. The van der Waals surface area contributed by atoms with Crippen LogP contribution in [0.3, 0.4) is 0 Å². The topological polar surface area (TPSA) is 69.7 Å². The third kappa shape index (κ3) is 13.6. The lowest BCUT2D eigenvalue weighted by atomic mass is 10.2. The summed E-state index contributed by atoms with van der Waals surface area (Å²) in [6, 6.07) is 0. The van der Waals surface area contributed by atoms with E-state index in [0.717, 1.165) is 51.4 Å². The van der Waals surface area contributed by atoms with Crippen LogP contribution in [0, 0.1) is 0 Å². The summed E-state index contributed by atoms with van der Waals surface area (Å²) in [4.78, 5) is 34.3. The molecule has 5 nitrogen and oxygen atoms in total. The Bertz CT molecular complexity index is 295. The Kier molecular flexibility index (Phi) is 13.6. The van der Waals surface area contributed by atoms with Crippen molar-refractivity contribution < 1.29 is 23.9 Å². The summed E-state index contributed by atoms with van der Waals surface area (Å²) in [7, 11) is 0. The molecular weight excluding hydrogens is 284 g/mol. The molecule has 0 bridgehead atoms. The normalized spacial score (nSPS) is 10.3. The van der Waals surface area contributed by atoms with Crippen molar-refractivity contribution in [2.24, 2.45) is 0 Å². The lowest BCUT2D eigenvalue weighted by Crippen LogP contribution is -2.17. The molecule has 128 valence electrons. The Labute approximate surface area is 133 Å². The van der Waals surface area contributed by atoms with Crippen molar-refractivity contribution in [3.8, 4) is 0 Å². The van der Waals surface area contributed by atoms with Crippen LogP contribution in [-0.2, 0) is 23.9 Å². The maximum atomic E-state index is 11.5. The molecule has 0 amide bonds. The molecule has 0 aliphatic heterocycles. The molecule has 0 radical (unpaired) electrons. The molecule has 5 heteroatoms. The fourth-order valence-electron chi connectivity index (χ4n) is 1.92. The van der Waals surface area contributed by atoms with E-state index >= 15 is 0 Å². The van der Waals surface area contributed by atoms with Crippen LogP contribution in [0.2, 0.25) is 0 Å². The Hall–Kier alpha value is -1.39. The number of unbranched alkanes of at least 4 members (excludes halogenated alkanes) is 6. The predicted molar refractivity (Wildman–Crippen MR) is 84.4 cm³/mol. The highest BCUT2D eigenvalue weighted by Gasteiger charge is 2.15. The van der Waals surface area contributed by atoms with Crippen molar-refractivity contribution in [2.75, 3.05) is 13.2 Å². The smallest absolute Gasteiger partial charge is 0.313 e. The predicted octanol–water partition coefficient (Wildman–Crippen LogP) is 3.58. The van der Waals surface area contributed by atoms with Gasteiger partial charge in [-0.15, -0.1) is 0 Å². The number of Topliss-reactive ketones (excluding diaryl/α,β-unsaturated/α-hetero) is 1. The zero-order valence-corrected chi connectivity index (χ0v) is 14.0. The number of rotatable bonds is 14. The van der Waals surface area contributed by atoms with Crippen LogP contribution >= 0.6 is 0 Å². The van der Waals surface area contributed by atoms with Gasteiger partial charge in [-0.2, -0.15) is 0 Å². The molecule has 22 heavy (non-hydrogen) atoms. The van der Waals surface area contributed by atoms with E-state index in [9.17, 15) is 14.4 Å². The number of ether oxygens (including phenoxy) is 2. The number of hydrogen-bond donors (Lipinski definition) is 0. The Morgan fingerprint density at radius 1 is 0.636 bits per heavy atom. The summed E-state index contributed by atoms with van der Waals surface area (Å²) in [5.41, 5.74) is 0. The van der Waals surface area contributed by atoms with Crippen LogP contribution in [0.4, 0.5) is 0 Å². The second-order valence-corrected chi connectivity index (χ2v) is 5.45. The first-order chi connectivity index (χ1) is 10.6. The second kappa shape index (κ2) is 14.5. The fourth-order valence-corrected chi connectivity index (χ4v) is 1.92. The van der Waals surface area contributed by atoms with Gasteiger partial charge in [0.15, 0.2) is 5.78 Å². The average molecular weight is 314 g/mol. The molecule has 0 saturated carbocycles. The molecule has 0 N–H and O–H groups in total. The third-order valence-electron chi connectivity index (χ3n) is 3.20. The van der Waals surface area contributed by atoms with Crippen LogP contribution in [0.1, 0.15) is 78.1 Å². The molecule has 0 aliphatic carbocycles. The second-order valence-electron chi connectivity index (χ2n) is 5.45. The fraction of sp³-hybridized carbons (Fsp3) is 0.824. The Balaban J connectivity index is 3.61. The number of esters is 2. The molecule has 0 aromatic carbocycles. The van der Waals surface area contributed by atoms with Crippen LogP contribution in [0.15, 0.2) is 0 Å². The molecule has 0 aliphatic rings. The van der Waals surface area contributed by atoms with Crippen LogP contribution in [0.25, 0.3) is 0 Å². The van der Waals surface area contributed by atoms with Gasteiger partial charge in [0, 0.05) is 0 Å². The lowest BCUT2D eigenvalue weighted by Gasteiger charge is -2.05. The molecule has 0 atom stereocenters. The van der Waals surface area contributed by atoms with Gasteiger partial charge in [0.05, 0.1) is 13.2 Å². The van der Waals surface area contributed by atoms with E-state index < -0.39 is 17.7 Å². The molecule has 0 saturated heterocycles. The molecule has 0 rings (SSSR count). The monoisotopic (exact) mass is 314 g/mol. The highest BCUT2D eigenvalue weighted by atomic mass is 16.5. The molecule has 0 aromatic heterocycles. The molecule has 0 fully saturated rings. The average Bonchev–Trinajstić information content (AvgIpc) is 2.46. The SMILES string of the molecule is CCCCCCOC(=O)CC(=O)CC(=O)OCCCCCC. The van der Waals surface area contributed by atoms with Crippen molar-refractivity contribution in [3.05, 3.63) is 0 Å². The van der Waals surface area contributed by atoms with Crippen LogP contribution in [0.5, 0.6) is 0 Å². The van der Waals surface area contributed by atoms with E-state index in [1.54, 1.807) is 0 Å². The summed E-state index contributed by atoms with van der Waals surface area (Å²) in [6.07, 6.45) is 7.42. The van der Waals surface area contributed by atoms with E-state index in [1.807, 2.05) is 0 Å². The standard InChI is InChI=1S/C17H30O5/c1-3-5-7-9-11-21-16(19)13-15(18)14-17(20)22-12-10-8-6-4-2/h3-14H2,1-2H3. The zero-order chi connectivity index (χ0) is 16.6. The lowest BCUT2D eigenvalue weighted by molar-refractivity contribution is -0.149. The summed E-state index contributed by atoms with van der Waals surface area (Å²) in [5, 5.41) is 0. The summed E-state index contributed by atoms with van der Waals surface area (Å²) in [5.74, 6) is -1.56. The van der Waals surface area contributed by atoms with Crippen LogP contribution in [-0.4, -0.2) is 30.9 Å². The molecule has 0 heterocycles. The quantitative estimate of drug-likeness (QED) is 0.278. The number of carbonyl (C=O) groups is 3. The molecule has 0 spiro atoms. The van der Waals surface area contributed by atoms with Crippen molar-refractivity contribution in [1.29, 1.82) is 0 Å². The minimum absolute atomic E-state index is 0.341. The van der Waals surface area contributed by atoms with Gasteiger partial charge in [-0.1, -0.05) is 52.4 Å². The maximum Gasteiger partial charge on any atom is 0.313 e. The first-order valence-corrected chi connectivity index (χ1v) is 8.43. The van der Waals surface area contributed by atoms with Gasteiger partial charge in [-0.05, 0) is 12.8 Å². The summed E-state index contributed by atoms with van der Waals surface area (Å²) < 4.78 is 9.91. The summed E-state index contributed by atoms with van der Waals surface area (Å²) >= 11 is 0. The van der Waals surface area contributed by atoms with Crippen molar-refractivity contribution in [3.63, 3.8) is 0 Å². The van der Waals surface area contributed by atoms with Gasteiger partial charge in [0.1, 0.15) is 12.8 Å². The van der Waals surface area contributed by atoms with Crippen LogP contribution < -0.4 is 0 Å². The van der Waals surface area contributed by atoms with Gasteiger partial charge < -0.3 is 9.47 Å². The molecule has 0 aromatic rings. The minimum Gasteiger partial charge on any atom is -0.465 e. The van der Waals surface area contributed by atoms with Gasteiger partial charge >= 0.3 is 11.9 Å².